The number of nitrogens with zero attached hydrogens (tertiary/aromatic N) is 4. The van der Waals surface area contributed by atoms with Crippen LogP contribution in [0.5, 0.6) is 0 Å². The van der Waals surface area contributed by atoms with Crippen molar-refractivity contribution in [3.8, 4) is 0 Å². The van der Waals surface area contributed by atoms with E-state index in [1.54, 1.807) is 53.4 Å². The van der Waals surface area contributed by atoms with Crippen molar-refractivity contribution in [2.45, 2.75) is 0 Å². The number of nitrogens with one attached hydrogen (secondary N) is 1. The Kier molecular flexibility index (Phi) is 3.17. The molecule has 112 valence electrons. The lowest BCUT2D eigenvalue weighted by Crippen LogP contribution is -2.15. The molecule has 0 spiro atoms. The van der Waals surface area contributed by atoms with E-state index in [4.69, 9.17) is 11.6 Å². The Hall–Kier alpha value is -2.99. The van der Waals surface area contributed by atoms with Gasteiger partial charge in [-0.2, -0.15) is 9.61 Å². The first-order valence-electron chi connectivity index (χ1n) is 6.87. The van der Waals surface area contributed by atoms with Crippen LogP contribution in [0.15, 0.2) is 55.0 Å². The molecule has 0 aliphatic heterocycles. The van der Waals surface area contributed by atoms with Crippen LogP contribution in [-0.2, 0) is 0 Å². The van der Waals surface area contributed by atoms with Gasteiger partial charge in [0, 0.05) is 28.9 Å². The van der Waals surface area contributed by atoms with Gasteiger partial charge in [0.15, 0.2) is 5.65 Å². The molecule has 0 aliphatic carbocycles. The number of hydrogen-bond acceptors (Lipinski definition) is 4. The van der Waals surface area contributed by atoms with Gasteiger partial charge in [0.05, 0.1) is 17.3 Å². The van der Waals surface area contributed by atoms with E-state index in [9.17, 15) is 4.79 Å². The van der Waals surface area contributed by atoms with Crippen molar-refractivity contribution in [1.82, 2.24) is 19.6 Å². The van der Waals surface area contributed by atoms with E-state index in [2.05, 4.69) is 20.4 Å². The first-order chi connectivity index (χ1) is 11.2. The third kappa shape index (κ3) is 2.39. The molecule has 1 amide bonds. The van der Waals surface area contributed by atoms with Gasteiger partial charge in [-0.1, -0.05) is 17.7 Å². The van der Waals surface area contributed by atoms with Gasteiger partial charge < -0.3 is 5.32 Å². The first kappa shape index (κ1) is 13.7. The topological polar surface area (TPSA) is 72.2 Å². The Bertz CT molecular complexity index is 1040. The molecule has 7 heteroatoms. The highest BCUT2D eigenvalue weighted by Crippen LogP contribution is 2.23. The van der Waals surface area contributed by atoms with Gasteiger partial charge in [0.1, 0.15) is 5.82 Å². The molecule has 3 aromatic heterocycles. The Morgan fingerprint density at radius 1 is 1.09 bits per heavy atom. The van der Waals surface area contributed by atoms with Gasteiger partial charge in [0.25, 0.3) is 5.91 Å². The fourth-order valence-electron chi connectivity index (χ4n) is 2.44. The van der Waals surface area contributed by atoms with E-state index in [1.807, 2.05) is 6.07 Å². The van der Waals surface area contributed by atoms with E-state index < -0.39 is 0 Å². The second-order valence-electron chi connectivity index (χ2n) is 4.91. The summed E-state index contributed by atoms with van der Waals surface area (Å²) in [7, 11) is 0. The highest BCUT2D eigenvalue weighted by molar-refractivity contribution is 6.32. The lowest BCUT2D eigenvalue weighted by molar-refractivity contribution is 0.102. The fraction of sp³-hybridized carbons (Fsp3) is 0. The molecule has 4 rings (SSSR count). The van der Waals surface area contributed by atoms with E-state index in [0.29, 0.717) is 27.6 Å². The molecule has 0 saturated carbocycles. The number of aromatic nitrogens is 4. The summed E-state index contributed by atoms with van der Waals surface area (Å²) in [6.07, 6.45) is 4.88. The molecule has 6 nitrogen and oxygen atoms in total. The molecule has 3 heterocycles. The average Bonchev–Trinajstić information content (AvgIpc) is 3.03. The van der Waals surface area contributed by atoms with Crippen LogP contribution in [0.2, 0.25) is 5.02 Å². The molecule has 1 aromatic carbocycles. The van der Waals surface area contributed by atoms with Crippen molar-refractivity contribution < 1.29 is 4.79 Å². The maximum Gasteiger partial charge on any atom is 0.259 e. The van der Waals surface area contributed by atoms with Crippen molar-refractivity contribution >= 4 is 39.9 Å². The Morgan fingerprint density at radius 3 is 2.91 bits per heavy atom. The summed E-state index contributed by atoms with van der Waals surface area (Å²) in [6.45, 7) is 0. The first-order valence-corrected chi connectivity index (χ1v) is 7.24. The van der Waals surface area contributed by atoms with E-state index in [1.165, 1.54) is 0 Å². The minimum Gasteiger partial charge on any atom is -0.306 e. The van der Waals surface area contributed by atoms with Crippen molar-refractivity contribution in [2.75, 3.05) is 5.32 Å². The predicted octanol–water partition coefficient (Wildman–Crippen LogP) is 3.18. The van der Waals surface area contributed by atoms with Crippen LogP contribution in [-0.4, -0.2) is 25.5 Å². The molecule has 4 aromatic rings. The zero-order chi connectivity index (χ0) is 15.8. The normalized spacial score (nSPS) is 11.0. The van der Waals surface area contributed by atoms with Gasteiger partial charge in [-0.05, 0) is 24.3 Å². The molecule has 23 heavy (non-hydrogen) atoms. The summed E-state index contributed by atoms with van der Waals surface area (Å²) in [5, 5.41) is 8.26. The van der Waals surface area contributed by atoms with Crippen LogP contribution in [0.3, 0.4) is 0 Å². The minimum absolute atomic E-state index is 0.306. The van der Waals surface area contributed by atoms with Crippen LogP contribution in [0.25, 0.3) is 16.6 Å². The number of fused-ring (bicyclic) bond motifs is 2. The number of hydrogen-bond donors (Lipinski definition) is 1. The van der Waals surface area contributed by atoms with E-state index in [0.717, 1.165) is 5.39 Å². The van der Waals surface area contributed by atoms with Crippen molar-refractivity contribution in [3.05, 3.63) is 65.6 Å². The second-order valence-corrected chi connectivity index (χ2v) is 5.35. The lowest BCUT2D eigenvalue weighted by atomic mass is 10.1. The molecule has 0 unspecified atom stereocenters. The van der Waals surface area contributed by atoms with Crippen LogP contribution >= 0.6 is 11.6 Å². The van der Waals surface area contributed by atoms with Crippen molar-refractivity contribution in [2.24, 2.45) is 0 Å². The number of carbonyl (C=O) groups excluding carboxylic acids is 1. The average molecular weight is 324 g/mol. The van der Waals surface area contributed by atoms with Crippen molar-refractivity contribution in [3.63, 3.8) is 0 Å². The lowest BCUT2D eigenvalue weighted by Gasteiger charge is -2.09. The number of rotatable bonds is 2. The highest BCUT2D eigenvalue weighted by atomic mass is 35.5. The molecular formula is C16H10ClN5O. The number of pyridine rings is 1. The molecule has 0 atom stereocenters. The zero-order valence-electron chi connectivity index (χ0n) is 11.8. The number of carbonyl (C=O) groups is 1. The molecule has 0 fully saturated rings. The maximum absolute atomic E-state index is 12.7. The Balaban J connectivity index is 1.79. The van der Waals surface area contributed by atoms with Crippen LogP contribution in [0, 0.1) is 0 Å². The highest BCUT2D eigenvalue weighted by Gasteiger charge is 2.14. The summed E-state index contributed by atoms with van der Waals surface area (Å²) in [5.74, 6) is 0.216. The monoisotopic (exact) mass is 323 g/mol. The molecular weight excluding hydrogens is 314 g/mol. The molecule has 0 bridgehead atoms. The summed E-state index contributed by atoms with van der Waals surface area (Å²) in [5.41, 5.74) is 1.65. The van der Waals surface area contributed by atoms with E-state index >= 15 is 0 Å². The van der Waals surface area contributed by atoms with Crippen molar-refractivity contribution in [1.29, 1.82) is 0 Å². The number of amides is 1. The largest absolute Gasteiger partial charge is 0.306 e. The smallest absolute Gasteiger partial charge is 0.259 e. The van der Waals surface area contributed by atoms with E-state index in [-0.39, 0.29) is 5.91 Å². The molecule has 0 aliphatic rings. The molecule has 0 radical (unpaired) electrons. The van der Waals surface area contributed by atoms with Crippen LogP contribution < -0.4 is 5.32 Å². The number of benzene rings is 1. The summed E-state index contributed by atoms with van der Waals surface area (Å²) in [4.78, 5) is 21.1. The Morgan fingerprint density at radius 2 is 2.00 bits per heavy atom. The molecule has 1 N–H and O–H groups in total. The summed E-state index contributed by atoms with van der Waals surface area (Å²) < 4.78 is 1.55. The quantitative estimate of drug-likeness (QED) is 0.615. The molecule has 0 saturated heterocycles. The van der Waals surface area contributed by atoms with Gasteiger partial charge in [-0.15, -0.1) is 0 Å². The predicted molar refractivity (Wildman–Crippen MR) is 87.7 cm³/mol. The minimum atomic E-state index is -0.306. The standard InChI is InChI=1S/C16H10ClN5O/c17-11-8-10-2-1-5-19-15(10)12(9-11)16(23)21-14-3-6-18-13-4-7-20-22(13)14/h1-9H,(H,21,23). The number of halogens is 1. The summed E-state index contributed by atoms with van der Waals surface area (Å²) >= 11 is 6.11. The van der Waals surface area contributed by atoms with Gasteiger partial charge in [0.2, 0.25) is 0 Å². The summed E-state index contributed by atoms with van der Waals surface area (Å²) in [6, 6.07) is 10.5. The van der Waals surface area contributed by atoms with Crippen LogP contribution in [0.1, 0.15) is 10.4 Å². The maximum atomic E-state index is 12.7. The van der Waals surface area contributed by atoms with Gasteiger partial charge in [-0.25, -0.2) is 4.98 Å². The fourth-order valence-corrected chi connectivity index (χ4v) is 2.67. The SMILES string of the molecule is O=C(Nc1ccnc2ccnn12)c1cc(Cl)cc2cccnc12. The third-order valence-corrected chi connectivity index (χ3v) is 3.66. The van der Waals surface area contributed by atoms with Gasteiger partial charge >= 0.3 is 0 Å². The number of anilines is 1. The van der Waals surface area contributed by atoms with Crippen LogP contribution in [0.4, 0.5) is 5.82 Å². The Labute approximate surface area is 135 Å². The zero-order valence-corrected chi connectivity index (χ0v) is 12.5. The second kappa shape index (κ2) is 5.33. The van der Waals surface area contributed by atoms with Gasteiger partial charge in [-0.3, -0.25) is 9.78 Å². The third-order valence-electron chi connectivity index (χ3n) is 3.45.